The summed E-state index contributed by atoms with van der Waals surface area (Å²) in [6, 6.07) is 11.5. The lowest BCUT2D eigenvalue weighted by Gasteiger charge is -2.20. The van der Waals surface area contributed by atoms with Crippen molar-refractivity contribution in [3.05, 3.63) is 52.7 Å². The first kappa shape index (κ1) is 18.7. The average molecular weight is 360 g/mol. The Morgan fingerprint density at radius 2 is 1.80 bits per heavy atom. The van der Waals surface area contributed by atoms with Crippen LogP contribution in [0.25, 0.3) is 0 Å². The first-order valence-electron chi connectivity index (χ1n) is 7.83. The maximum atomic E-state index is 12.2. The molecule has 0 saturated heterocycles. The molecule has 2 aromatic rings. The van der Waals surface area contributed by atoms with E-state index in [4.69, 9.17) is 4.74 Å². The Kier molecular flexibility index (Phi) is 6.71. The van der Waals surface area contributed by atoms with Gasteiger partial charge in [0.15, 0.2) is 6.61 Å². The Bertz CT molecular complexity index is 714. The number of esters is 1. The van der Waals surface area contributed by atoms with Gasteiger partial charge in [0, 0.05) is 5.69 Å². The molecule has 2 amide bonds. The Morgan fingerprint density at radius 3 is 2.40 bits per heavy atom. The SMILES string of the molecule is CC(C)[C@@H](NC(=O)c1cccs1)C(=O)OCC(=O)Nc1ccccc1. The highest BCUT2D eigenvalue weighted by Crippen LogP contribution is 2.11. The van der Waals surface area contributed by atoms with Crippen molar-refractivity contribution in [3.8, 4) is 0 Å². The maximum Gasteiger partial charge on any atom is 0.329 e. The van der Waals surface area contributed by atoms with Crippen LogP contribution >= 0.6 is 11.3 Å². The van der Waals surface area contributed by atoms with Crippen LogP contribution in [0.3, 0.4) is 0 Å². The topological polar surface area (TPSA) is 84.5 Å². The molecule has 1 heterocycles. The molecule has 132 valence electrons. The van der Waals surface area contributed by atoms with Crippen LogP contribution in [0.5, 0.6) is 0 Å². The van der Waals surface area contributed by atoms with Crippen molar-refractivity contribution in [2.45, 2.75) is 19.9 Å². The lowest BCUT2D eigenvalue weighted by molar-refractivity contribution is -0.150. The van der Waals surface area contributed by atoms with Gasteiger partial charge in [-0.25, -0.2) is 4.79 Å². The number of rotatable bonds is 7. The van der Waals surface area contributed by atoms with Crippen LogP contribution < -0.4 is 10.6 Å². The second-order valence-electron chi connectivity index (χ2n) is 5.69. The third-order valence-corrected chi connectivity index (χ3v) is 4.22. The molecule has 0 saturated carbocycles. The molecule has 0 bridgehead atoms. The number of benzene rings is 1. The molecule has 25 heavy (non-hydrogen) atoms. The monoisotopic (exact) mass is 360 g/mol. The van der Waals surface area contributed by atoms with Crippen LogP contribution in [-0.4, -0.2) is 30.4 Å². The van der Waals surface area contributed by atoms with Crippen LogP contribution in [0.4, 0.5) is 5.69 Å². The van der Waals surface area contributed by atoms with E-state index in [1.54, 1.807) is 55.6 Å². The zero-order chi connectivity index (χ0) is 18.2. The second-order valence-corrected chi connectivity index (χ2v) is 6.64. The molecule has 2 rings (SSSR count). The van der Waals surface area contributed by atoms with Gasteiger partial charge in [0.25, 0.3) is 11.8 Å². The van der Waals surface area contributed by atoms with Crippen LogP contribution in [0.1, 0.15) is 23.5 Å². The van der Waals surface area contributed by atoms with Gasteiger partial charge in [0.05, 0.1) is 4.88 Å². The van der Waals surface area contributed by atoms with E-state index in [-0.39, 0.29) is 11.8 Å². The lowest BCUT2D eigenvalue weighted by atomic mass is 10.0. The molecule has 0 aliphatic rings. The molecule has 6 nitrogen and oxygen atoms in total. The molecule has 1 aromatic heterocycles. The minimum Gasteiger partial charge on any atom is -0.454 e. The molecule has 2 N–H and O–H groups in total. The first-order chi connectivity index (χ1) is 12.0. The minimum atomic E-state index is -0.820. The van der Waals surface area contributed by atoms with E-state index in [2.05, 4.69) is 10.6 Å². The molecule has 7 heteroatoms. The molecular weight excluding hydrogens is 340 g/mol. The summed E-state index contributed by atoms with van der Waals surface area (Å²) in [5, 5.41) is 7.07. The van der Waals surface area contributed by atoms with Gasteiger partial charge in [-0.15, -0.1) is 11.3 Å². The molecule has 0 spiro atoms. The third kappa shape index (κ3) is 5.72. The molecule has 0 radical (unpaired) electrons. The summed E-state index contributed by atoms with van der Waals surface area (Å²) < 4.78 is 5.06. The van der Waals surface area contributed by atoms with Gasteiger partial charge < -0.3 is 15.4 Å². The molecule has 1 aromatic carbocycles. The molecule has 0 aliphatic heterocycles. The maximum absolute atomic E-state index is 12.2. The fourth-order valence-corrected chi connectivity index (χ4v) is 2.69. The van der Waals surface area contributed by atoms with Crippen molar-refractivity contribution in [3.63, 3.8) is 0 Å². The van der Waals surface area contributed by atoms with E-state index < -0.39 is 24.5 Å². The van der Waals surface area contributed by atoms with Gasteiger partial charge in [0.2, 0.25) is 0 Å². The van der Waals surface area contributed by atoms with Gasteiger partial charge in [-0.1, -0.05) is 38.1 Å². The van der Waals surface area contributed by atoms with Crippen molar-refractivity contribution in [2.75, 3.05) is 11.9 Å². The lowest BCUT2D eigenvalue weighted by Crippen LogP contribution is -2.45. The number of thiophene rings is 1. The summed E-state index contributed by atoms with van der Waals surface area (Å²) >= 11 is 1.29. The number of para-hydroxylation sites is 1. The fraction of sp³-hybridized carbons (Fsp3) is 0.278. The second kappa shape index (κ2) is 8.98. The first-order valence-corrected chi connectivity index (χ1v) is 8.71. The van der Waals surface area contributed by atoms with Gasteiger partial charge in [-0.05, 0) is 29.5 Å². The number of nitrogens with one attached hydrogen (secondary N) is 2. The van der Waals surface area contributed by atoms with E-state index in [1.807, 2.05) is 6.07 Å². The zero-order valence-electron chi connectivity index (χ0n) is 14.0. The van der Waals surface area contributed by atoms with E-state index in [9.17, 15) is 14.4 Å². The van der Waals surface area contributed by atoms with Gasteiger partial charge >= 0.3 is 5.97 Å². The quantitative estimate of drug-likeness (QED) is 0.744. The predicted octanol–water partition coefficient (Wildman–Crippen LogP) is 2.68. The number of hydrogen-bond acceptors (Lipinski definition) is 5. The summed E-state index contributed by atoms with van der Waals surface area (Å²) in [6.07, 6.45) is 0. The highest BCUT2D eigenvalue weighted by Gasteiger charge is 2.27. The van der Waals surface area contributed by atoms with Gasteiger partial charge in [-0.3, -0.25) is 9.59 Å². The summed E-state index contributed by atoms with van der Waals surface area (Å²) in [5.41, 5.74) is 0.620. The van der Waals surface area contributed by atoms with E-state index in [1.165, 1.54) is 11.3 Å². The largest absolute Gasteiger partial charge is 0.454 e. The Balaban J connectivity index is 1.87. The van der Waals surface area contributed by atoms with Crippen LogP contribution in [0.15, 0.2) is 47.8 Å². The number of carbonyl (C=O) groups excluding carboxylic acids is 3. The highest BCUT2D eigenvalue weighted by atomic mass is 32.1. The molecule has 1 atom stereocenters. The average Bonchev–Trinajstić information content (AvgIpc) is 3.12. The summed E-state index contributed by atoms with van der Waals surface area (Å²) in [5.74, 6) is -1.58. The van der Waals surface area contributed by atoms with E-state index in [0.29, 0.717) is 10.6 Å². The van der Waals surface area contributed by atoms with Crippen LogP contribution in [-0.2, 0) is 14.3 Å². The Labute approximate surface area is 150 Å². The zero-order valence-corrected chi connectivity index (χ0v) is 14.8. The third-order valence-electron chi connectivity index (χ3n) is 3.36. The van der Waals surface area contributed by atoms with Gasteiger partial charge in [-0.2, -0.15) is 0 Å². The summed E-state index contributed by atoms with van der Waals surface area (Å²) in [6.45, 7) is 3.18. The number of amides is 2. The van der Waals surface area contributed by atoms with Crippen molar-refractivity contribution in [1.29, 1.82) is 0 Å². The Morgan fingerprint density at radius 1 is 1.08 bits per heavy atom. The highest BCUT2D eigenvalue weighted by molar-refractivity contribution is 7.12. The standard InChI is InChI=1S/C18H20N2O4S/c1-12(2)16(20-17(22)14-9-6-10-25-14)18(23)24-11-15(21)19-13-7-4-3-5-8-13/h3-10,12,16H,11H2,1-2H3,(H,19,21)(H,20,22)/t16-/m1/s1. The van der Waals surface area contributed by atoms with E-state index >= 15 is 0 Å². The smallest absolute Gasteiger partial charge is 0.329 e. The normalized spacial score (nSPS) is 11.6. The number of hydrogen-bond donors (Lipinski definition) is 2. The summed E-state index contributed by atoms with van der Waals surface area (Å²) in [4.78, 5) is 36.7. The Hall–Kier alpha value is -2.67. The predicted molar refractivity (Wildman–Crippen MR) is 96.4 cm³/mol. The minimum absolute atomic E-state index is 0.173. The van der Waals surface area contributed by atoms with Crippen LogP contribution in [0, 0.1) is 5.92 Å². The molecule has 0 aliphatic carbocycles. The van der Waals surface area contributed by atoms with E-state index in [0.717, 1.165) is 0 Å². The van der Waals surface area contributed by atoms with Crippen LogP contribution in [0.2, 0.25) is 0 Å². The summed E-state index contributed by atoms with van der Waals surface area (Å²) in [7, 11) is 0. The fourth-order valence-electron chi connectivity index (χ4n) is 2.06. The van der Waals surface area contributed by atoms with Crippen molar-refractivity contribution in [1.82, 2.24) is 5.32 Å². The number of anilines is 1. The van der Waals surface area contributed by atoms with Gasteiger partial charge in [0.1, 0.15) is 6.04 Å². The molecule has 0 fully saturated rings. The number of ether oxygens (including phenoxy) is 1. The number of carbonyl (C=O) groups is 3. The van der Waals surface area contributed by atoms with Crippen molar-refractivity contribution < 1.29 is 19.1 Å². The van der Waals surface area contributed by atoms with Crippen molar-refractivity contribution in [2.24, 2.45) is 5.92 Å². The molecule has 0 unspecified atom stereocenters. The molecular formula is C18H20N2O4S. The van der Waals surface area contributed by atoms with Crippen molar-refractivity contribution >= 4 is 34.8 Å².